The highest BCUT2D eigenvalue weighted by Gasteiger charge is 2.25. The van der Waals surface area contributed by atoms with Crippen molar-refractivity contribution in [1.82, 2.24) is 5.32 Å². The highest BCUT2D eigenvalue weighted by molar-refractivity contribution is 5.46. The summed E-state index contributed by atoms with van der Waals surface area (Å²) in [6.07, 6.45) is 3.00. The Morgan fingerprint density at radius 1 is 0.727 bits per heavy atom. The SMILES string of the molecule is COCCCOc1cc(CO[C@@H](CNC=O)C(CCc2cccc(CO[N+](=O)[O-])c2)c2ccc(OCCCOCc3ccccc3OC)cc2)cc(OC)c1. The predicted octanol–water partition coefficient (Wildman–Crippen LogP) is 6.86. The summed E-state index contributed by atoms with van der Waals surface area (Å²) in [5.41, 5.74) is 4.55. The summed E-state index contributed by atoms with van der Waals surface area (Å²) in [6, 6.07) is 28.9. The van der Waals surface area contributed by atoms with Gasteiger partial charge in [-0.15, -0.1) is 10.1 Å². The molecule has 0 aliphatic carbocycles. The number of benzene rings is 4. The average molecular weight is 761 g/mol. The molecule has 4 rings (SSSR count). The first kappa shape index (κ1) is 42.4. The van der Waals surface area contributed by atoms with Gasteiger partial charge in [0.25, 0.3) is 5.09 Å². The lowest BCUT2D eigenvalue weighted by Crippen LogP contribution is -2.34. The van der Waals surface area contributed by atoms with Gasteiger partial charge in [-0.2, -0.15) is 0 Å². The van der Waals surface area contributed by atoms with Gasteiger partial charge in [0, 0.05) is 50.7 Å². The Morgan fingerprint density at radius 2 is 1.47 bits per heavy atom. The largest absolute Gasteiger partial charge is 0.497 e. The fraction of sp³-hybridized carbons (Fsp3) is 0.405. The maximum atomic E-state index is 11.6. The number of aryl methyl sites for hydroxylation is 1. The van der Waals surface area contributed by atoms with Gasteiger partial charge in [0.2, 0.25) is 6.41 Å². The number of hydrogen-bond acceptors (Lipinski definition) is 11. The fourth-order valence-corrected chi connectivity index (χ4v) is 6.05. The van der Waals surface area contributed by atoms with Crippen molar-refractivity contribution < 1.29 is 47.9 Å². The van der Waals surface area contributed by atoms with Gasteiger partial charge >= 0.3 is 0 Å². The van der Waals surface area contributed by atoms with Crippen LogP contribution in [0.1, 0.15) is 53.0 Å². The third kappa shape index (κ3) is 15.1. The molecule has 0 bridgehead atoms. The van der Waals surface area contributed by atoms with Crippen LogP contribution >= 0.6 is 0 Å². The van der Waals surface area contributed by atoms with Crippen molar-refractivity contribution in [2.24, 2.45) is 0 Å². The van der Waals surface area contributed by atoms with Crippen LogP contribution in [0.25, 0.3) is 0 Å². The number of hydrogen-bond donors (Lipinski definition) is 1. The van der Waals surface area contributed by atoms with Gasteiger partial charge in [0.05, 0.1) is 53.4 Å². The molecule has 0 fully saturated rings. The molecular formula is C42H52N2O11. The molecule has 0 radical (unpaired) electrons. The zero-order valence-electron chi connectivity index (χ0n) is 31.8. The van der Waals surface area contributed by atoms with Gasteiger partial charge in [-0.25, -0.2) is 0 Å². The molecule has 55 heavy (non-hydrogen) atoms. The van der Waals surface area contributed by atoms with E-state index in [1.165, 1.54) is 0 Å². The summed E-state index contributed by atoms with van der Waals surface area (Å²) in [6.45, 7) is 2.94. The van der Waals surface area contributed by atoms with Crippen LogP contribution in [-0.2, 0) is 50.1 Å². The first-order valence-electron chi connectivity index (χ1n) is 18.3. The van der Waals surface area contributed by atoms with E-state index < -0.39 is 11.2 Å². The Balaban J connectivity index is 1.46. The van der Waals surface area contributed by atoms with Crippen molar-refractivity contribution in [3.8, 4) is 23.0 Å². The maximum absolute atomic E-state index is 11.6. The standard InChI is InChI=1S/C42H52N2O11/c1-48-19-7-21-53-39-25-34(24-38(26-39)49-2)28-54-42(27-43-31-45)40(18-13-32-9-6-10-33(23-32)29-55-44(46)47)35-14-16-37(17-15-35)52-22-8-20-51-30-36-11-4-5-12-41(36)50-3/h4-6,9-12,14-17,23-26,31,40,42H,7-8,13,18-22,27-30H2,1-3H3,(H,43,45)/t40?,42-/m0/s1. The Labute approximate surface area is 322 Å². The second kappa shape index (κ2) is 24.1. The summed E-state index contributed by atoms with van der Waals surface area (Å²) in [4.78, 5) is 26.9. The first-order valence-corrected chi connectivity index (χ1v) is 18.3. The zero-order chi connectivity index (χ0) is 39.1. The molecule has 1 unspecified atom stereocenters. The zero-order valence-corrected chi connectivity index (χ0v) is 31.8. The smallest absolute Gasteiger partial charge is 0.294 e. The van der Waals surface area contributed by atoms with Crippen molar-refractivity contribution in [3.63, 3.8) is 0 Å². The molecule has 4 aromatic rings. The topological polar surface area (TPSA) is 146 Å². The number of nitrogens with one attached hydrogen (secondary N) is 1. The monoisotopic (exact) mass is 760 g/mol. The van der Waals surface area contributed by atoms with E-state index in [2.05, 4.69) is 10.2 Å². The van der Waals surface area contributed by atoms with Gasteiger partial charge in [-0.05, 0) is 65.4 Å². The van der Waals surface area contributed by atoms with Crippen molar-refractivity contribution in [1.29, 1.82) is 0 Å². The molecule has 0 aliphatic rings. The Kier molecular flexibility index (Phi) is 18.6. The minimum atomic E-state index is -0.797. The number of amides is 1. The van der Waals surface area contributed by atoms with Crippen molar-refractivity contribution in [2.75, 3.05) is 54.3 Å². The molecule has 0 saturated carbocycles. The van der Waals surface area contributed by atoms with Crippen LogP contribution in [0.3, 0.4) is 0 Å². The molecular weight excluding hydrogens is 708 g/mol. The van der Waals surface area contributed by atoms with E-state index in [-0.39, 0.29) is 25.7 Å². The molecule has 0 saturated heterocycles. The summed E-state index contributed by atoms with van der Waals surface area (Å²) in [5, 5.41) is 12.8. The molecule has 1 N–H and O–H groups in total. The van der Waals surface area contributed by atoms with E-state index in [0.717, 1.165) is 40.2 Å². The maximum Gasteiger partial charge on any atom is 0.294 e. The van der Waals surface area contributed by atoms with E-state index in [1.807, 2.05) is 84.9 Å². The number of nitrogens with zero attached hydrogens (tertiary/aromatic N) is 1. The van der Waals surface area contributed by atoms with Gasteiger partial charge in [0.15, 0.2) is 0 Å². The molecule has 4 aromatic carbocycles. The van der Waals surface area contributed by atoms with Crippen molar-refractivity contribution in [3.05, 3.63) is 129 Å². The molecule has 0 aromatic heterocycles. The lowest BCUT2D eigenvalue weighted by molar-refractivity contribution is -0.763. The molecule has 0 aliphatic heterocycles. The third-order valence-corrected chi connectivity index (χ3v) is 8.78. The highest BCUT2D eigenvalue weighted by atomic mass is 16.9. The Morgan fingerprint density at radius 3 is 2.22 bits per heavy atom. The highest BCUT2D eigenvalue weighted by Crippen LogP contribution is 2.31. The number of ether oxygens (including phenoxy) is 7. The second-order valence-corrected chi connectivity index (χ2v) is 12.7. The number of para-hydroxylation sites is 1. The van der Waals surface area contributed by atoms with E-state index in [4.69, 9.17) is 33.2 Å². The van der Waals surface area contributed by atoms with Gasteiger partial charge in [-0.3, -0.25) is 4.79 Å². The van der Waals surface area contributed by atoms with E-state index in [0.29, 0.717) is 75.8 Å². The Hall–Kier alpha value is -5.37. The summed E-state index contributed by atoms with van der Waals surface area (Å²) >= 11 is 0. The number of methoxy groups -OCH3 is 3. The number of rotatable bonds is 28. The minimum Gasteiger partial charge on any atom is -0.497 e. The van der Waals surface area contributed by atoms with E-state index >= 15 is 0 Å². The van der Waals surface area contributed by atoms with E-state index in [1.54, 1.807) is 27.4 Å². The number of carbonyl (C=O) groups excluding carboxylic acids is 1. The van der Waals surface area contributed by atoms with Crippen LogP contribution in [0.5, 0.6) is 23.0 Å². The molecule has 0 heterocycles. The first-order chi connectivity index (χ1) is 26.9. The summed E-state index contributed by atoms with van der Waals surface area (Å²) < 4.78 is 40.5. The molecule has 296 valence electrons. The lowest BCUT2D eigenvalue weighted by atomic mass is 9.87. The number of carbonyl (C=O) groups is 1. The molecule has 13 heteroatoms. The van der Waals surface area contributed by atoms with Crippen LogP contribution in [0, 0.1) is 10.1 Å². The molecule has 2 atom stereocenters. The van der Waals surface area contributed by atoms with E-state index in [9.17, 15) is 14.9 Å². The summed E-state index contributed by atoms with van der Waals surface area (Å²) in [5.74, 6) is 2.67. The van der Waals surface area contributed by atoms with Gasteiger partial charge < -0.3 is 43.3 Å². The molecule has 13 nitrogen and oxygen atoms in total. The van der Waals surface area contributed by atoms with Crippen LogP contribution in [-0.4, -0.2) is 71.9 Å². The quantitative estimate of drug-likeness (QED) is 0.0280. The fourth-order valence-electron chi connectivity index (χ4n) is 6.05. The lowest BCUT2D eigenvalue weighted by Gasteiger charge is -2.28. The van der Waals surface area contributed by atoms with Crippen molar-refractivity contribution >= 4 is 6.41 Å². The second-order valence-electron chi connectivity index (χ2n) is 12.7. The Bertz CT molecular complexity index is 1720. The third-order valence-electron chi connectivity index (χ3n) is 8.78. The predicted molar refractivity (Wildman–Crippen MR) is 206 cm³/mol. The van der Waals surface area contributed by atoms with Crippen LogP contribution < -0.4 is 24.3 Å². The summed E-state index contributed by atoms with van der Waals surface area (Å²) in [7, 11) is 4.90. The van der Waals surface area contributed by atoms with Gasteiger partial charge in [0.1, 0.15) is 29.6 Å². The molecule has 1 amide bonds. The van der Waals surface area contributed by atoms with Crippen LogP contribution in [0.2, 0.25) is 0 Å². The van der Waals surface area contributed by atoms with Crippen LogP contribution in [0.15, 0.2) is 91.0 Å². The average Bonchev–Trinajstić information content (AvgIpc) is 3.21. The normalized spacial score (nSPS) is 12.0. The minimum absolute atomic E-state index is 0.132. The molecule has 0 spiro atoms. The van der Waals surface area contributed by atoms with Crippen molar-refractivity contribution in [2.45, 2.75) is 57.5 Å². The van der Waals surface area contributed by atoms with Gasteiger partial charge in [-0.1, -0.05) is 54.6 Å². The van der Waals surface area contributed by atoms with Crippen LogP contribution in [0.4, 0.5) is 0 Å².